The van der Waals surface area contributed by atoms with Crippen LogP contribution in [0.3, 0.4) is 0 Å². The third-order valence-electron chi connectivity index (χ3n) is 2.45. The molecule has 3 heteroatoms. The number of hydrogen-bond acceptors (Lipinski definition) is 2. The van der Waals surface area contributed by atoms with Gasteiger partial charge in [0, 0.05) is 26.4 Å². The summed E-state index contributed by atoms with van der Waals surface area (Å²) in [7, 11) is 3.22. The molecule has 0 bridgehead atoms. The highest BCUT2D eigenvalue weighted by atomic mass is 16.5. The zero-order valence-electron chi connectivity index (χ0n) is 9.78. The van der Waals surface area contributed by atoms with Crippen LogP contribution >= 0.6 is 0 Å². The van der Waals surface area contributed by atoms with E-state index in [-0.39, 0.29) is 12.9 Å². The molecule has 0 N–H and O–H groups in total. The first-order chi connectivity index (χ1) is 7.67. The average molecular weight is 204 g/mol. The molecule has 0 atom stereocenters. The minimum atomic E-state index is -0.344. The Balaban J connectivity index is 2.65. The molecule has 0 radical (unpaired) electrons. The number of methoxy groups -OCH3 is 1. The molecule has 0 amide bonds. The average Bonchev–Trinajstić information content (AvgIpc) is 2.69. The van der Waals surface area contributed by atoms with Crippen LogP contribution in [0.4, 0.5) is 0 Å². The molecule has 78 valence electrons. The highest BCUT2D eigenvalue weighted by molar-refractivity contribution is 5.98. The smallest absolute Gasteiger partial charge is 0.339 e. The summed E-state index contributed by atoms with van der Waals surface area (Å²) in [6.07, 6.45) is 3.66. The summed E-state index contributed by atoms with van der Waals surface area (Å²) >= 11 is 0. The number of esters is 1. The monoisotopic (exact) mass is 204 g/mol. The van der Waals surface area contributed by atoms with Gasteiger partial charge in [0.2, 0.25) is 0 Å². The summed E-state index contributed by atoms with van der Waals surface area (Å²) < 4.78 is 14.0. The van der Waals surface area contributed by atoms with Crippen molar-refractivity contribution in [1.82, 2.24) is 4.57 Å². The first kappa shape index (κ1) is 8.53. The number of aryl methyl sites for hydroxylation is 2. The van der Waals surface area contributed by atoms with Crippen molar-refractivity contribution in [2.45, 2.75) is 6.90 Å². The lowest BCUT2D eigenvalue weighted by Crippen LogP contribution is -2.07. The molecule has 0 aromatic heterocycles. The molecule has 0 unspecified atom stereocenters. The van der Waals surface area contributed by atoms with Crippen LogP contribution in [0.5, 0.6) is 0 Å². The molecule has 1 aliphatic heterocycles. The minimum absolute atomic E-state index is 0.216. The molecular weight excluding hydrogens is 190 g/mol. The molecule has 0 aromatic rings. The molecule has 0 aromatic carbocycles. The van der Waals surface area contributed by atoms with Crippen molar-refractivity contribution >= 4 is 5.97 Å². The van der Waals surface area contributed by atoms with E-state index in [2.05, 4.69) is 0 Å². The van der Waals surface area contributed by atoms with E-state index in [1.165, 1.54) is 7.11 Å². The Labute approximate surface area is 90.0 Å². The lowest BCUT2D eigenvalue weighted by molar-refractivity contribution is 0.0600. The lowest BCUT2D eigenvalue weighted by atomic mass is 10.0. The number of carbonyl (C=O) groups excluding carboxylic acids is 1. The molecule has 2 rings (SSSR count). The van der Waals surface area contributed by atoms with Crippen molar-refractivity contribution in [2.75, 3.05) is 7.11 Å². The second kappa shape index (κ2) is 3.42. The molecule has 1 aliphatic carbocycles. The number of carbonyl (C=O) groups is 1. The van der Waals surface area contributed by atoms with E-state index in [1.807, 2.05) is 29.9 Å². The Hall–Kier alpha value is -1.77. The van der Waals surface area contributed by atoms with Crippen LogP contribution in [-0.2, 0) is 11.8 Å². The highest BCUT2D eigenvalue weighted by Crippen LogP contribution is 2.30. The predicted octanol–water partition coefficient (Wildman–Crippen LogP) is 2.22. The van der Waals surface area contributed by atoms with Gasteiger partial charge in [-0.05, 0) is 18.0 Å². The van der Waals surface area contributed by atoms with Gasteiger partial charge in [-0.15, -0.1) is 0 Å². The maximum Gasteiger partial charge on any atom is 0.339 e. The molecule has 1 heterocycles. The van der Waals surface area contributed by atoms with Crippen molar-refractivity contribution < 1.29 is 10.9 Å². The first-order valence-electron chi connectivity index (χ1n) is 5.33. The van der Waals surface area contributed by atoms with Crippen molar-refractivity contribution in [1.29, 1.82) is 0 Å². The van der Waals surface area contributed by atoms with Crippen molar-refractivity contribution in [2.24, 2.45) is 7.05 Å². The Morgan fingerprint density at radius 2 is 2.20 bits per heavy atom. The number of ether oxygens (including phenoxy) is 1. The number of pyridine rings is 1. The maximum atomic E-state index is 11.6. The molecule has 15 heavy (non-hydrogen) atoms. The third-order valence-corrected chi connectivity index (χ3v) is 2.45. The summed E-state index contributed by atoms with van der Waals surface area (Å²) in [5, 5.41) is 0. The molecule has 0 spiro atoms. The number of nitrogens with zero attached hydrogens (tertiary/aromatic N) is 1. The largest absolute Gasteiger partial charge is 0.465 e. The van der Waals surface area contributed by atoms with E-state index in [1.54, 1.807) is 6.20 Å². The summed E-state index contributed by atoms with van der Waals surface area (Å²) in [5.74, 6) is -0.344. The van der Waals surface area contributed by atoms with E-state index < -0.39 is 0 Å². The zero-order chi connectivity index (χ0) is 11.7. The van der Waals surface area contributed by atoms with Crippen LogP contribution < -0.4 is 0 Å². The van der Waals surface area contributed by atoms with Gasteiger partial charge in [0.05, 0.1) is 12.7 Å². The fourth-order valence-electron chi connectivity index (χ4n) is 1.71. The van der Waals surface area contributed by atoms with Crippen LogP contribution in [0, 0.1) is 6.90 Å². The minimum Gasteiger partial charge on any atom is -0.465 e. The van der Waals surface area contributed by atoms with E-state index in [0.717, 1.165) is 16.7 Å². The first-order valence-corrected chi connectivity index (χ1v) is 4.62. The van der Waals surface area contributed by atoms with Crippen LogP contribution in [0.15, 0.2) is 24.5 Å². The summed E-state index contributed by atoms with van der Waals surface area (Å²) in [5.41, 5.74) is 3.27. The maximum absolute atomic E-state index is 11.6. The molecule has 0 saturated carbocycles. The summed E-state index contributed by atoms with van der Waals surface area (Å²) in [4.78, 5) is 11.6. The second-order valence-corrected chi connectivity index (χ2v) is 3.51. The predicted molar refractivity (Wildman–Crippen MR) is 58.1 cm³/mol. The topological polar surface area (TPSA) is 31.2 Å². The Morgan fingerprint density at radius 1 is 1.40 bits per heavy atom. The number of aromatic nitrogens is 1. The van der Waals surface area contributed by atoms with Crippen LogP contribution in [0.1, 0.15) is 17.3 Å². The van der Waals surface area contributed by atoms with Gasteiger partial charge in [-0.1, -0.05) is 12.1 Å². The van der Waals surface area contributed by atoms with E-state index in [0.29, 0.717) is 5.56 Å². The zero-order valence-corrected chi connectivity index (χ0v) is 8.78. The SMILES string of the molecule is [2H]Cc1ccc2c(C(=O)OC)cn(C)cc1-2. The Morgan fingerprint density at radius 3 is 2.87 bits per heavy atom. The van der Waals surface area contributed by atoms with Crippen molar-refractivity contribution in [3.8, 4) is 11.1 Å². The quantitative estimate of drug-likeness (QED) is 0.667. The van der Waals surface area contributed by atoms with Gasteiger partial charge in [-0.25, -0.2) is 4.79 Å². The Bertz CT molecular complexity index is 504. The third kappa shape index (κ3) is 1.50. The van der Waals surface area contributed by atoms with Gasteiger partial charge in [0.25, 0.3) is 0 Å². The fraction of sp³-hybridized carbons (Fsp3) is 0.250. The number of rotatable bonds is 1. The van der Waals surface area contributed by atoms with Crippen LogP contribution in [-0.4, -0.2) is 17.6 Å². The van der Waals surface area contributed by atoms with Gasteiger partial charge in [0.1, 0.15) is 0 Å². The van der Waals surface area contributed by atoms with Crippen LogP contribution in [0.25, 0.3) is 11.1 Å². The normalized spacial score (nSPS) is 11.5. The van der Waals surface area contributed by atoms with E-state index in [4.69, 9.17) is 6.11 Å². The Kier molecular flexibility index (Phi) is 1.95. The van der Waals surface area contributed by atoms with Crippen LogP contribution in [0.2, 0.25) is 0 Å². The van der Waals surface area contributed by atoms with E-state index in [9.17, 15) is 4.79 Å². The van der Waals surface area contributed by atoms with Crippen molar-refractivity contribution in [3.63, 3.8) is 0 Å². The standard InChI is InChI=1S/C12H13NO2/c1-8-4-5-9-10(8)6-13(2)7-11(9)12(14)15-3/h4-7H,1-3H3/i1D. The molecule has 0 saturated heterocycles. The van der Waals surface area contributed by atoms with Gasteiger partial charge >= 0.3 is 5.97 Å². The number of fused-ring (bicyclic) bond motifs is 1. The summed E-state index contributed by atoms with van der Waals surface area (Å²) in [6.45, 7) is 0.216. The van der Waals surface area contributed by atoms with Gasteiger partial charge in [0.15, 0.2) is 0 Å². The van der Waals surface area contributed by atoms with Crippen molar-refractivity contribution in [3.05, 3.63) is 35.7 Å². The molecule has 3 nitrogen and oxygen atoms in total. The number of hydrogen-bond donors (Lipinski definition) is 0. The molecule has 2 aliphatic rings. The summed E-state index contributed by atoms with van der Waals surface area (Å²) in [6, 6.07) is 3.75. The highest BCUT2D eigenvalue weighted by Gasteiger charge is 2.17. The lowest BCUT2D eigenvalue weighted by Gasteiger charge is -2.10. The fourth-order valence-corrected chi connectivity index (χ4v) is 1.71. The van der Waals surface area contributed by atoms with Gasteiger partial charge in [-0.2, -0.15) is 0 Å². The van der Waals surface area contributed by atoms with Gasteiger partial charge in [-0.3, -0.25) is 0 Å². The molecular formula is C12H13NO2. The second-order valence-electron chi connectivity index (χ2n) is 3.51. The van der Waals surface area contributed by atoms with Gasteiger partial charge < -0.3 is 9.30 Å². The van der Waals surface area contributed by atoms with E-state index >= 15 is 0 Å². The molecule has 0 fully saturated rings.